The van der Waals surface area contributed by atoms with Crippen molar-refractivity contribution in [2.75, 3.05) is 13.1 Å². The molecule has 0 saturated carbocycles. The molecule has 0 amide bonds. The zero-order valence-corrected chi connectivity index (χ0v) is 17.0. The van der Waals surface area contributed by atoms with E-state index in [-0.39, 0.29) is 18.2 Å². The minimum Gasteiger partial charge on any atom is -0.480 e. The second-order valence-electron chi connectivity index (χ2n) is 7.87. The van der Waals surface area contributed by atoms with Gasteiger partial charge in [-0.1, -0.05) is 62.9 Å². The number of carbonyl (C=O) groups is 1. The van der Waals surface area contributed by atoms with Crippen LogP contribution in [0.4, 0.5) is 0 Å². The van der Waals surface area contributed by atoms with Gasteiger partial charge in [0.25, 0.3) is 0 Å². The van der Waals surface area contributed by atoms with Crippen molar-refractivity contribution < 1.29 is 14.6 Å². The molecule has 1 unspecified atom stereocenters. The number of carboxylic acid groups (broad SMARTS) is 1. The second-order valence-corrected chi connectivity index (χ2v) is 8.96. The second kappa shape index (κ2) is 8.36. The largest absolute Gasteiger partial charge is 0.480 e. The first-order chi connectivity index (χ1) is 12.8. The topological polar surface area (TPSA) is 49.8 Å². The summed E-state index contributed by atoms with van der Waals surface area (Å²) in [6, 6.07) is 16.5. The minimum absolute atomic E-state index is 0.0207. The summed E-state index contributed by atoms with van der Waals surface area (Å²) in [5.74, 6) is 0.000709. The molecule has 1 aliphatic rings. The fraction of sp³-hybridized carbons (Fsp3) is 0.409. The third kappa shape index (κ3) is 5.05. The highest BCUT2D eigenvalue weighted by Crippen LogP contribution is 2.40. The van der Waals surface area contributed by atoms with Crippen molar-refractivity contribution in [3.8, 4) is 5.75 Å². The Morgan fingerprint density at radius 3 is 2.52 bits per heavy atom. The average Bonchev–Trinajstić information content (AvgIpc) is 3.02. The molecule has 1 saturated heterocycles. The Labute approximate surface area is 165 Å². The lowest BCUT2D eigenvalue weighted by Gasteiger charge is -2.25. The number of aliphatic carboxylic acids is 1. The number of nitrogens with zero attached hydrogens (tertiary/aromatic N) is 1. The van der Waals surface area contributed by atoms with E-state index in [1.165, 1.54) is 10.5 Å². The van der Waals surface area contributed by atoms with Gasteiger partial charge in [-0.25, -0.2) is 0 Å². The highest BCUT2D eigenvalue weighted by Gasteiger charge is 2.28. The van der Waals surface area contributed by atoms with Gasteiger partial charge in [-0.2, -0.15) is 0 Å². The maximum absolute atomic E-state index is 11.1. The van der Waals surface area contributed by atoms with Gasteiger partial charge in [0.1, 0.15) is 5.75 Å². The van der Waals surface area contributed by atoms with E-state index in [1.807, 2.05) is 23.1 Å². The molecule has 2 aromatic rings. The summed E-state index contributed by atoms with van der Waals surface area (Å²) in [7, 11) is 0. The van der Waals surface area contributed by atoms with Crippen LogP contribution in [0.25, 0.3) is 0 Å². The monoisotopic (exact) mass is 385 g/mol. The third-order valence-corrected chi connectivity index (χ3v) is 5.80. The van der Waals surface area contributed by atoms with E-state index in [9.17, 15) is 4.79 Å². The highest BCUT2D eigenvalue weighted by atomic mass is 32.2. The van der Waals surface area contributed by atoms with Gasteiger partial charge in [0, 0.05) is 11.4 Å². The first-order valence-corrected chi connectivity index (χ1v) is 10.1. The van der Waals surface area contributed by atoms with E-state index >= 15 is 0 Å². The van der Waals surface area contributed by atoms with Crippen LogP contribution in [0.2, 0.25) is 0 Å². The molecule has 1 N–H and O–H groups in total. The van der Waals surface area contributed by atoms with Crippen LogP contribution in [0.15, 0.2) is 58.3 Å². The van der Waals surface area contributed by atoms with E-state index in [0.29, 0.717) is 0 Å². The van der Waals surface area contributed by atoms with Crippen molar-refractivity contribution in [2.24, 2.45) is 0 Å². The molecule has 1 heterocycles. The molecule has 144 valence electrons. The fourth-order valence-electron chi connectivity index (χ4n) is 3.36. The molecule has 0 radical (unpaired) electrons. The van der Waals surface area contributed by atoms with Crippen LogP contribution in [0, 0.1) is 0 Å². The summed E-state index contributed by atoms with van der Waals surface area (Å²) in [5.41, 5.74) is 1.36. The predicted octanol–water partition coefficient (Wildman–Crippen LogP) is 5.02. The summed E-state index contributed by atoms with van der Waals surface area (Å²) in [6.07, 6.45) is 1.63. The lowest BCUT2D eigenvalue weighted by atomic mass is 9.87. The third-order valence-electron chi connectivity index (χ3n) is 4.67. The van der Waals surface area contributed by atoms with E-state index in [1.54, 1.807) is 11.8 Å². The Kier molecular flexibility index (Phi) is 6.12. The number of hydrogen-bond acceptors (Lipinski definition) is 4. The van der Waals surface area contributed by atoms with Crippen LogP contribution >= 0.6 is 11.8 Å². The number of hydrogen-bond donors (Lipinski definition) is 1. The van der Waals surface area contributed by atoms with Crippen LogP contribution in [-0.4, -0.2) is 35.3 Å². The lowest BCUT2D eigenvalue weighted by Crippen LogP contribution is -2.37. The Hall–Kier alpha value is -1.98. The Morgan fingerprint density at radius 1 is 1.15 bits per heavy atom. The molecule has 0 aliphatic carbocycles. The van der Waals surface area contributed by atoms with Gasteiger partial charge >= 0.3 is 5.97 Å². The summed E-state index contributed by atoms with van der Waals surface area (Å²) in [6.45, 7) is 7.44. The van der Waals surface area contributed by atoms with Crippen molar-refractivity contribution in [3.05, 3.63) is 54.1 Å². The summed E-state index contributed by atoms with van der Waals surface area (Å²) >= 11 is 1.71. The SMILES string of the molecule is CC(C)(C)c1ccccc1Sc1ccccc1OC1CCCN1CC(=O)O. The maximum Gasteiger partial charge on any atom is 0.317 e. The molecule has 1 fully saturated rings. The highest BCUT2D eigenvalue weighted by molar-refractivity contribution is 7.99. The zero-order valence-electron chi connectivity index (χ0n) is 16.1. The molecule has 0 bridgehead atoms. The van der Waals surface area contributed by atoms with Crippen LogP contribution in [0.3, 0.4) is 0 Å². The minimum atomic E-state index is -0.813. The van der Waals surface area contributed by atoms with Crippen molar-refractivity contribution in [3.63, 3.8) is 0 Å². The molecule has 0 aromatic heterocycles. The first-order valence-electron chi connectivity index (χ1n) is 9.33. The van der Waals surface area contributed by atoms with E-state index < -0.39 is 5.97 Å². The lowest BCUT2D eigenvalue weighted by molar-refractivity contribution is -0.139. The standard InChI is InChI=1S/C22H27NO3S/c1-22(2,3)16-9-4-6-11-18(16)27-19-12-7-5-10-17(19)26-20-13-8-14-23(20)15-21(24)25/h4-7,9-12,20H,8,13-15H2,1-3H3,(H,24,25). The maximum atomic E-state index is 11.1. The molecule has 27 heavy (non-hydrogen) atoms. The summed E-state index contributed by atoms with van der Waals surface area (Å²) < 4.78 is 6.26. The first kappa shape index (κ1) is 19.8. The molecule has 5 heteroatoms. The molecule has 2 aromatic carbocycles. The quantitative estimate of drug-likeness (QED) is 0.756. The number of carboxylic acids is 1. The van der Waals surface area contributed by atoms with Gasteiger partial charge in [0.2, 0.25) is 0 Å². The number of likely N-dealkylation sites (tertiary alicyclic amines) is 1. The van der Waals surface area contributed by atoms with Crippen molar-refractivity contribution in [1.29, 1.82) is 0 Å². The van der Waals surface area contributed by atoms with Crippen LogP contribution in [0.5, 0.6) is 5.75 Å². The molecule has 1 atom stereocenters. The van der Waals surface area contributed by atoms with Gasteiger partial charge in [-0.15, -0.1) is 0 Å². The number of para-hydroxylation sites is 1. The van der Waals surface area contributed by atoms with Gasteiger partial charge in [0.05, 0.1) is 11.4 Å². The predicted molar refractivity (Wildman–Crippen MR) is 109 cm³/mol. The van der Waals surface area contributed by atoms with Gasteiger partial charge in [-0.3, -0.25) is 9.69 Å². The van der Waals surface area contributed by atoms with Crippen LogP contribution in [-0.2, 0) is 10.2 Å². The van der Waals surface area contributed by atoms with E-state index in [4.69, 9.17) is 9.84 Å². The Bertz CT molecular complexity index is 800. The molecule has 4 nitrogen and oxygen atoms in total. The van der Waals surface area contributed by atoms with Gasteiger partial charge in [-0.05, 0) is 42.0 Å². The van der Waals surface area contributed by atoms with Crippen LogP contribution in [0.1, 0.15) is 39.2 Å². The normalized spacial score (nSPS) is 17.8. The van der Waals surface area contributed by atoms with E-state index in [2.05, 4.69) is 51.1 Å². The molecular weight excluding hydrogens is 358 g/mol. The average molecular weight is 386 g/mol. The van der Waals surface area contributed by atoms with E-state index in [0.717, 1.165) is 30.0 Å². The van der Waals surface area contributed by atoms with Gasteiger partial charge < -0.3 is 9.84 Å². The van der Waals surface area contributed by atoms with Crippen molar-refractivity contribution in [1.82, 2.24) is 4.90 Å². The smallest absolute Gasteiger partial charge is 0.317 e. The molecular formula is C22H27NO3S. The fourth-order valence-corrected chi connectivity index (χ4v) is 4.59. The Balaban J connectivity index is 1.82. The molecule has 0 spiro atoms. The number of rotatable bonds is 6. The molecule has 3 rings (SSSR count). The van der Waals surface area contributed by atoms with Gasteiger partial charge in [0.15, 0.2) is 6.23 Å². The number of benzene rings is 2. The molecule has 1 aliphatic heterocycles. The number of ether oxygens (including phenoxy) is 1. The Morgan fingerprint density at radius 2 is 1.81 bits per heavy atom. The zero-order chi connectivity index (χ0) is 19.4. The summed E-state index contributed by atoms with van der Waals surface area (Å²) in [5, 5.41) is 9.11. The van der Waals surface area contributed by atoms with Crippen molar-refractivity contribution in [2.45, 2.75) is 55.0 Å². The van der Waals surface area contributed by atoms with Crippen LogP contribution < -0.4 is 4.74 Å². The van der Waals surface area contributed by atoms with Crippen molar-refractivity contribution >= 4 is 17.7 Å². The summed E-state index contributed by atoms with van der Waals surface area (Å²) in [4.78, 5) is 15.3.